The summed E-state index contributed by atoms with van der Waals surface area (Å²) in [6.07, 6.45) is 1.62. The van der Waals surface area contributed by atoms with E-state index in [1.807, 2.05) is 25.1 Å². The second-order valence-corrected chi connectivity index (χ2v) is 6.66. The maximum absolute atomic E-state index is 12.6. The summed E-state index contributed by atoms with van der Waals surface area (Å²) in [5.41, 5.74) is 0.897. The molecule has 0 saturated heterocycles. The number of hydrogen-bond acceptors (Lipinski definition) is 3. The van der Waals surface area contributed by atoms with E-state index in [1.54, 1.807) is 38.9 Å². The van der Waals surface area contributed by atoms with Gasteiger partial charge < -0.3 is 15.3 Å². The summed E-state index contributed by atoms with van der Waals surface area (Å²) in [7, 11) is 3.29. The van der Waals surface area contributed by atoms with Gasteiger partial charge in [-0.15, -0.1) is 0 Å². The molecule has 0 saturated carbocycles. The summed E-state index contributed by atoms with van der Waals surface area (Å²) >= 11 is 0. The number of carbonyl (C=O) groups is 2. The molecule has 128 valence electrons. The van der Waals surface area contributed by atoms with Crippen LogP contribution in [0.25, 0.3) is 0 Å². The predicted molar refractivity (Wildman–Crippen MR) is 91.3 cm³/mol. The van der Waals surface area contributed by atoms with E-state index < -0.39 is 5.60 Å². The van der Waals surface area contributed by atoms with Crippen molar-refractivity contribution in [2.75, 3.05) is 14.1 Å². The molecular formula is C18H28N2O3. The van der Waals surface area contributed by atoms with Crippen LogP contribution in [0, 0.1) is 0 Å². The minimum Gasteiger partial charge on any atom is -0.390 e. The fourth-order valence-electron chi connectivity index (χ4n) is 2.22. The molecule has 2 amide bonds. The maximum Gasteiger partial charge on any atom is 0.253 e. The van der Waals surface area contributed by atoms with E-state index in [2.05, 4.69) is 5.32 Å². The van der Waals surface area contributed by atoms with E-state index in [0.717, 1.165) is 5.56 Å². The molecule has 23 heavy (non-hydrogen) atoms. The minimum atomic E-state index is -0.723. The number of nitrogens with one attached hydrogen (secondary N) is 1. The van der Waals surface area contributed by atoms with Crippen LogP contribution in [-0.4, -0.2) is 47.6 Å². The monoisotopic (exact) mass is 320 g/mol. The lowest BCUT2D eigenvalue weighted by atomic mass is 9.97. The van der Waals surface area contributed by atoms with Gasteiger partial charge in [-0.05, 0) is 51.3 Å². The van der Waals surface area contributed by atoms with Crippen molar-refractivity contribution in [3.05, 3.63) is 35.4 Å². The molecule has 0 heterocycles. The third kappa shape index (κ3) is 6.40. The molecule has 1 atom stereocenters. The first-order chi connectivity index (χ1) is 10.6. The minimum absolute atomic E-state index is 0.0870. The van der Waals surface area contributed by atoms with E-state index in [-0.39, 0.29) is 24.3 Å². The smallest absolute Gasteiger partial charge is 0.253 e. The number of amides is 2. The highest BCUT2D eigenvalue weighted by molar-refractivity contribution is 5.94. The van der Waals surface area contributed by atoms with Crippen molar-refractivity contribution in [3.8, 4) is 0 Å². The van der Waals surface area contributed by atoms with Gasteiger partial charge in [0.2, 0.25) is 5.91 Å². The van der Waals surface area contributed by atoms with Crippen molar-refractivity contribution >= 4 is 11.8 Å². The van der Waals surface area contributed by atoms with Crippen LogP contribution in [0.5, 0.6) is 0 Å². The van der Waals surface area contributed by atoms with Gasteiger partial charge in [0.1, 0.15) is 0 Å². The van der Waals surface area contributed by atoms with Gasteiger partial charge in [-0.2, -0.15) is 0 Å². The van der Waals surface area contributed by atoms with Crippen LogP contribution >= 0.6 is 0 Å². The lowest BCUT2D eigenvalue weighted by Crippen LogP contribution is -2.38. The zero-order valence-electron chi connectivity index (χ0n) is 14.7. The Bertz CT molecular complexity index is 549. The summed E-state index contributed by atoms with van der Waals surface area (Å²) in [6.45, 7) is 5.40. The Labute approximate surface area is 138 Å². The fraction of sp³-hybridized carbons (Fsp3) is 0.556. The van der Waals surface area contributed by atoms with E-state index in [1.165, 1.54) is 0 Å². The molecule has 5 nitrogen and oxygen atoms in total. The molecule has 0 aliphatic carbocycles. The Morgan fingerprint density at radius 3 is 2.57 bits per heavy atom. The van der Waals surface area contributed by atoms with Crippen molar-refractivity contribution in [2.24, 2.45) is 0 Å². The van der Waals surface area contributed by atoms with Gasteiger partial charge in [0.25, 0.3) is 5.91 Å². The fourth-order valence-corrected chi connectivity index (χ4v) is 2.22. The second kappa shape index (κ2) is 8.11. The molecule has 0 aliphatic heterocycles. The average Bonchev–Trinajstić information content (AvgIpc) is 2.50. The lowest BCUT2D eigenvalue weighted by Gasteiger charge is -2.24. The molecule has 0 fully saturated rings. The van der Waals surface area contributed by atoms with Crippen molar-refractivity contribution in [2.45, 2.75) is 51.7 Å². The highest BCUT2D eigenvalue weighted by Gasteiger charge is 2.20. The number of benzene rings is 1. The Balaban J connectivity index is 2.77. The molecule has 1 aromatic carbocycles. The van der Waals surface area contributed by atoms with Crippen LogP contribution in [0.1, 0.15) is 49.5 Å². The predicted octanol–water partition coefficient (Wildman–Crippen LogP) is 1.99. The molecule has 0 spiro atoms. The van der Waals surface area contributed by atoms with E-state index in [4.69, 9.17) is 0 Å². The van der Waals surface area contributed by atoms with Crippen LogP contribution in [0.3, 0.4) is 0 Å². The first kappa shape index (κ1) is 19.2. The maximum atomic E-state index is 12.6. The Morgan fingerprint density at radius 2 is 2.00 bits per heavy atom. The quantitative estimate of drug-likeness (QED) is 0.807. The van der Waals surface area contributed by atoms with E-state index in [9.17, 15) is 14.7 Å². The summed E-state index contributed by atoms with van der Waals surface area (Å²) in [4.78, 5) is 25.6. The third-order valence-corrected chi connectivity index (χ3v) is 3.94. The van der Waals surface area contributed by atoms with Gasteiger partial charge in [0.05, 0.1) is 5.60 Å². The van der Waals surface area contributed by atoms with Crippen LogP contribution in [0.2, 0.25) is 0 Å². The second-order valence-electron chi connectivity index (χ2n) is 6.66. The number of carbonyl (C=O) groups excluding carboxylic acids is 2. The molecule has 0 radical (unpaired) electrons. The molecule has 0 unspecified atom stereocenters. The van der Waals surface area contributed by atoms with Gasteiger partial charge in [0, 0.05) is 32.1 Å². The SMILES string of the molecule is CNC(=O)C[C@@H](C)N(C)C(=O)c1cccc(CCC(C)(C)O)c1. The third-order valence-electron chi connectivity index (χ3n) is 3.94. The van der Waals surface area contributed by atoms with Crippen LogP contribution in [0.15, 0.2) is 24.3 Å². The topological polar surface area (TPSA) is 69.6 Å². The van der Waals surface area contributed by atoms with Gasteiger partial charge in [0.15, 0.2) is 0 Å². The average molecular weight is 320 g/mol. The Kier molecular flexibility index (Phi) is 6.76. The van der Waals surface area contributed by atoms with Gasteiger partial charge in [-0.25, -0.2) is 0 Å². The molecule has 0 aliphatic rings. The van der Waals surface area contributed by atoms with Crippen LogP contribution in [0.4, 0.5) is 0 Å². The molecule has 0 bridgehead atoms. The first-order valence-corrected chi connectivity index (χ1v) is 7.93. The van der Waals surface area contributed by atoms with Crippen molar-refractivity contribution in [1.82, 2.24) is 10.2 Å². The first-order valence-electron chi connectivity index (χ1n) is 7.93. The lowest BCUT2D eigenvalue weighted by molar-refractivity contribution is -0.121. The largest absolute Gasteiger partial charge is 0.390 e. The molecular weight excluding hydrogens is 292 g/mol. The number of hydrogen-bond donors (Lipinski definition) is 2. The van der Waals surface area contributed by atoms with Gasteiger partial charge in [-0.3, -0.25) is 9.59 Å². The Hall–Kier alpha value is -1.88. The molecule has 2 N–H and O–H groups in total. The highest BCUT2D eigenvalue weighted by Crippen LogP contribution is 2.16. The number of aryl methyl sites for hydroxylation is 1. The van der Waals surface area contributed by atoms with E-state index >= 15 is 0 Å². The van der Waals surface area contributed by atoms with Gasteiger partial charge >= 0.3 is 0 Å². The van der Waals surface area contributed by atoms with Crippen molar-refractivity contribution < 1.29 is 14.7 Å². The number of aliphatic hydroxyl groups is 1. The standard InChI is InChI=1S/C18H28N2O3/c1-13(11-16(21)19-4)20(5)17(22)15-8-6-7-14(12-15)9-10-18(2,3)23/h6-8,12-13,23H,9-11H2,1-5H3,(H,19,21)/t13-/m1/s1. The molecule has 5 heteroatoms. The number of nitrogens with zero attached hydrogens (tertiary/aromatic N) is 1. The molecule has 1 aromatic rings. The molecule has 1 rings (SSSR count). The summed E-state index contributed by atoms with van der Waals surface area (Å²) in [5, 5.41) is 12.4. The highest BCUT2D eigenvalue weighted by atomic mass is 16.3. The summed E-state index contributed by atoms with van der Waals surface area (Å²) < 4.78 is 0. The zero-order chi connectivity index (χ0) is 17.6. The van der Waals surface area contributed by atoms with Crippen molar-refractivity contribution in [3.63, 3.8) is 0 Å². The number of rotatable bonds is 7. The van der Waals surface area contributed by atoms with Crippen LogP contribution < -0.4 is 5.32 Å². The summed E-state index contributed by atoms with van der Waals surface area (Å²) in [5.74, 6) is -0.192. The summed E-state index contributed by atoms with van der Waals surface area (Å²) in [6, 6.07) is 7.26. The Morgan fingerprint density at radius 1 is 1.35 bits per heavy atom. The molecule has 0 aromatic heterocycles. The zero-order valence-corrected chi connectivity index (χ0v) is 14.7. The van der Waals surface area contributed by atoms with Gasteiger partial charge in [-0.1, -0.05) is 12.1 Å². The van der Waals surface area contributed by atoms with E-state index in [0.29, 0.717) is 18.4 Å². The normalized spacial score (nSPS) is 12.6. The van der Waals surface area contributed by atoms with Crippen LogP contribution in [-0.2, 0) is 11.2 Å². The van der Waals surface area contributed by atoms with Crippen molar-refractivity contribution in [1.29, 1.82) is 0 Å².